The van der Waals surface area contributed by atoms with Crippen LogP contribution in [0.2, 0.25) is 0 Å². The fraction of sp³-hybridized carbons (Fsp3) is 0.185. The number of ether oxygens (including phenoxy) is 3. The van der Waals surface area contributed by atoms with Crippen molar-refractivity contribution in [3.8, 4) is 17.2 Å². The van der Waals surface area contributed by atoms with Gasteiger partial charge in [-0.05, 0) is 66.0 Å². The van der Waals surface area contributed by atoms with Crippen molar-refractivity contribution in [1.29, 1.82) is 5.41 Å². The number of hydrogen-bond donors (Lipinski definition) is 1. The number of methoxy groups -OCH3 is 1. The number of hydrazone groups is 1. The molecule has 2 aliphatic heterocycles. The highest BCUT2D eigenvalue weighted by Crippen LogP contribution is 2.33. The van der Waals surface area contributed by atoms with Crippen LogP contribution in [-0.2, 0) is 4.79 Å². The van der Waals surface area contributed by atoms with Crippen LogP contribution >= 0.6 is 23.1 Å². The van der Waals surface area contributed by atoms with E-state index in [0.29, 0.717) is 41.9 Å². The highest BCUT2D eigenvalue weighted by atomic mass is 32.2. The third-order valence-electron chi connectivity index (χ3n) is 5.52. The molecule has 1 aromatic heterocycles. The summed E-state index contributed by atoms with van der Waals surface area (Å²) in [5.74, 6) is 1.47. The zero-order valence-corrected chi connectivity index (χ0v) is 21.9. The number of carbonyl (C=O) groups is 1. The van der Waals surface area contributed by atoms with Crippen LogP contribution in [0.5, 0.6) is 17.2 Å². The number of benzene rings is 2. The van der Waals surface area contributed by atoms with E-state index in [1.165, 1.54) is 22.3 Å². The van der Waals surface area contributed by atoms with Crippen LogP contribution in [0.25, 0.3) is 6.08 Å². The Morgan fingerprint density at radius 3 is 2.62 bits per heavy atom. The highest BCUT2D eigenvalue weighted by Gasteiger charge is 2.36. The molecule has 0 bridgehead atoms. The second-order valence-corrected chi connectivity index (χ2v) is 10.1. The molecule has 3 heterocycles. The number of nitrogens with one attached hydrogen (secondary N) is 1. The first-order valence-corrected chi connectivity index (χ1v) is 13.3. The molecule has 0 unspecified atom stereocenters. The van der Waals surface area contributed by atoms with Crippen molar-refractivity contribution >= 4 is 51.1 Å². The number of aryl methyl sites for hydroxylation is 1. The molecule has 188 valence electrons. The van der Waals surface area contributed by atoms with E-state index in [0.717, 1.165) is 15.7 Å². The van der Waals surface area contributed by atoms with Crippen molar-refractivity contribution in [3.05, 3.63) is 81.6 Å². The van der Waals surface area contributed by atoms with Gasteiger partial charge in [0.1, 0.15) is 10.8 Å². The lowest BCUT2D eigenvalue weighted by Gasteiger charge is -2.20. The average molecular weight is 533 g/mol. The van der Waals surface area contributed by atoms with E-state index < -0.39 is 5.91 Å². The Morgan fingerprint density at radius 2 is 1.86 bits per heavy atom. The first-order chi connectivity index (χ1) is 18.0. The number of carbonyl (C=O) groups excluding carboxylic acids is 1. The zero-order valence-electron chi connectivity index (χ0n) is 20.3. The molecule has 0 spiro atoms. The molecular weight excluding hydrogens is 508 g/mol. The van der Waals surface area contributed by atoms with Gasteiger partial charge in [-0.3, -0.25) is 10.2 Å². The number of amides is 1. The highest BCUT2D eigenvalue weighted by molar-refractivity contribution is 8.27. The Kier molecular flexibility index (Phi) is 7.38. The Balaban J connectivity index is 1.23. The van der Waals surface area contributed by atoms with E-state index in [2.05, 4.69) is 10.1 Å². The molecule has 0 saturated heterocycles. The smallest absolute Gasteiger partial charge is 0.283 e. The summed E-state index contributed by atoms with van der Waals surface area (Å²) in [5, 5.41) is 17.6. The van der Waals surface area contributed by atoms with Crippen LogP contribution in [0.1, 0.15) is 22.4 Å². The number of nitrogens with zero attached hydrogens (tertiary/aromatic N) is 3. The number of rotatable bonds is 9. The topological polar surface area (TPSA) is 96.6 Å². The van der Waals surface area contributed by atoms with Gasteiger partial charge >= 0.3 is 0 Å². The maximum atomic E-state index is 12.7. The summed E-state index contributed by atoms with van der Waals surface area (Å²) < 4.78 is 17.1. The maximum Gasteiger partial charge on any atom is 0.283 e. The lowest BCUT2D eigenvalue weighted by atomic mass is 10.1. The Morgan fingerprint density at radius 1 is 1.05 bits per heavy atom. The van der Waals surface area contributed by atoms with Gasteiger partial charge in [0.15, 0.2) is 17.3 Å². The molecule has 0 atom stereocenters. The minimum Gasteiger partial charge on any atom is -0.493 e. The van der Waals surface area contributed by atoms with Crippen molar-refractivity contribution in [2.24, 2.45) is 10.1 Å². The molecule has 37 heavy (non-hydrogen) atoms. The van der Waals surface area contributed by atoms with Crippen LogP contribution in [0.15, 0.2) is 75.6 Å². The van der Waals surface area contributed by atoms with Crippen LogP contribution in [0.4, 0.5) is 0 Å². The Labute approximate surface area is 222 Å². The normalized spacial score (nSPS) is 15.9. The van der Waals surface area contributed by atoms with Crippen LogP contribution in [0, 0.1) is 12.3 Å². The standard InChI is InChI=1S/C27H24N4O4S2/c1-17-6-9-19(10-7-17)34-12-4-13-35-21-11-8-18(16-22(21)33-2)15-20-24(28)31-27(29-25(20)32)37-26(30-31)23-5-3-14-36-23/h3,5-11,14-16,28H,4,12-13H2,1-2H3/b20-15-,28-24?. The molecule has 0 fully saturated rings. The minimum atomic E-state index is -0.473. The van der Waals surface area contributed by atoms with Crippen molar-refractivity contribution in [1.82, 2.24) is 5.01 Å². The first kappa shape index (κ1) is 24.8. The fourth-order valence-corrected chi connectivity index (χ4v) is 5.30. The van der Waals surface area contributed by atoms with Gasteiger partial charge in [-0.15, -0.1) is 11.3 Å². The molecule has 10 heteroatoms. The SMILES string of the molecule is COc1cc(/C=C2/C(=N)N3N=C(c4cccs4)SC3=NC2=O)ccc1OCCCOc1ccc(C)cc1. The van der Waals surface area contributed by atoms with E-state index in [4.69, 9.17) is 19.6 Å². The fourth-order valence-electron chi connectivity index (χ4n) is 3.62. The average Bonchev–Trinajstić information content (AvgIpc) is 3.58. The number of thioether (sulfide) groups is 1. The van der Waals surface area contributed by atoms with Crippen LogP contribution in [-0.4, -0.2) is 47.3 Å². The van der Waals surface area contributed by atoms with Crippen molar-refractivity contribution in [2.45, 2.75) is 13.3 Å². The molecule has 5 rings (SSSR count). The molecular formula is C27H24N4O4S2. The summed E-state index contributed by atoms with van der Waals surface area (Å²) >= 11 is 2.84. The van der Waals surface area contributed by atoms with Gasteiger partial charge in [0, 0.05) is 6.42 Å². The summed E-state index contributed by atoms with van der Waals surface area (Å²) in [7, 11) is 1.56. The number of aliphatic imine (C=N–C) groups is 1. The largest absolute Gasteiger partial charge is 0.493 e. The van der Waals surface area contributed by atoms with Gasteiger partial charge < -0.3 is 14.2 Å². The summed E-state index contributed by atoms with van der Waals surface area (Å²) in [5.41, 5.74) is 2.04. The quantitative estimate of drug-likeness (QED) is 0.285. The van der Waals surface area contributed by atoms with E-state index in [-0.39, 0.29) is 11.4 Å². The lowest BCUT2D eigenvalue weighted by molar-refractivity contribution is -0.114. The number of fused-ring (bicyclic) bond motifs is 1. The van der Waals surface area contributed by atoms with Gasteiger partial charge in [0.2, 0.25) is 5.17 Å². The molecule has 0 saturated carbocycles. The van der Waals surface area contributed by atoms with Crippen molar-refractivity contribution < 1.29 is 19.0 Å². The van der Waals surface area contributed by atoms with E-state index in [1.807, 2.05) is 54.8 Å². The van der Waals surface area contributed by atoms with Gasteiger partial charge in [0.05, 0.1) is 30.8 Å². The number of hydrogen-bond acceptors (Lipinski definition) is 8. The molecule has 2 aromatic carbocycles. The van der Waals surface area contributed by atoms with Crippen LogP contribution in [0.3, 0.4) is 0 Å². The van der Waals surface area contributed by atoms with Gasteiger partial charge in [-0.25, -0.2) is 0 Å². The van der Waals surface area contributed by atoms with E-state index >= 15 is 0 Å². The first-order valence-electron chi connectivity index (χ1n) is 11.6. The summed E-state index contributed by atoms with van der Waals surface area (Å²) in [4.78, 5) is 17.9. The lowest BCUT2D eigenvalue weighted by Crippen LogP contribution is -2.35. The Bertz CT molecular complexity index is 1410. The summed E-state index contributed by atoms with van der Waals surface area (Å²) in [6.45, 7) is 3.03. The second kappa shape index (κ2) is 11.0. The molecule has 0 aliphatic carbocycles. The third kappa shape index (κ3) is 5.60. The molecule has 2 aliphatic rings. The van der Waals surface area contributed by atoms with Crippen molar-refractivity contribution in [2.75, 3.05) is 20.3 Å². The monoisotopic (exact) mass is 532 g/mol. The molecule has 0 radical (unpaired) electrons. The molecule has 1 amide bonds. The van der Waals surface area contributed by atoms with Gasteiger partial charge in [-0.1, -0.05) is 29.8 Å². The minimum absolute atomic E-state index is 0.0121. The second-order valence-electron chi connectivity index (χ2n) is 8.18. The van der Waals surface area contributed by atoms with E-state index in [9.17, 15) is 4.79 Å². The maximum absolute atomic E-state index is 12.7. The zero-order chi connectivity index (χ0) is 25.8. The Hall–Kier alpha value is -3.89. The summed E-state index contributed by atoms with van der Waals surface area (Å²) in [6, 6.07) is 17.2. The van der Waals surface area contributed by atoms with E-state index in [1.54, 1.807) is 36.7 Å². The molecule has 8 nitrogen and oxygen atoms in total. The summed E-state index contributed by atoms with van der Waals surface area (Å²) in [6.07, 6.45) is 2.33. The third-order valence-corrected chi connectivity index (χ3v) is 7.47. The van der Waals surface area contributed by atoms with Crippen molar-refractivity contribution in [3.63, 3.8) is 0 Å². The van der Waals surface area contributed by atoms with Gasteiger partial charge in [-0.2, -0.15) is 15.1 Å². The van der Waals surface area contributed by atoms with Gasteiger partial charge in [0.25, 0.3) is 5.91 Å². The molecule has 1 N–H and O–H groups in total. The number of amidine groups is 2. The number of thiophene rings is 1. The predicted octanol–water partition coefficient (Wildman–Crippen LogP) is 5.58. The predicted molar refractivity (Wildman–Crippen MR) is 148 cm³/mol. The van der Waals surface area contributed by atoms with Crippen LogP contribution < -0.4 is 14.2 Å². The molecule has 3 aromatic rings.